The van der Waals surface area contributed by atoms with Crippen molar-refractivity contribution >= 4 is 17.9 Å². The van der Waals surface area contributed by atoms with Gasteiger partial charge in [-0.1, -0.05) is 25.6 Å². The van der Waals surface area contributed by atoms with Crippen LogP contribution in [0.1, 0.15) is 18.9 Å². The second-order valence-corrected chi connectivity index (χ2v) is 5.24. The first-order valence-corrected chi connectivity index (χ1v) is 7.46. The zero-order valence-corrected chi connectivity index (χ0v) is 13.4. The molecule has 23 heavy (non-hydrogen) atoms. The summed E-state index contributed by atoms with van der Waals surface area (Å²) in [6.07, 6.45) is 6.56. The van der Waals surface area contributed by atoms with Gasteiger partial charge in [0, 0.05) is 18.1 Å². The van der Waals surface area contributed by atoms with Crippen LogP contribution in [0.25, 0.3) is 0 Å². The second kappa shape index (κ2) is 7.56. The SMILES string of the molecule is C=C(C=CN=CCC)C=C1NC(=O)N(c2cccc(C)c2)C1O. The van der Waals surface area contributed by atoms with Gasteiger partial charge in [-0.2, -0.15) is 0 Å². The second-order valence-electron chi connectivity index (χ2n) is 5.24. The molecule has 1 aliphatic heterocycles. The summed E-state index contributed by atoms with van der Waals surface area (Å²) in [7, 11) is 0. The zero-order chi connectivity index (χ0) is 16.8. The van der Waals surface area contributed by atoms with Gasteiger partial charge in [-0.15, -0.1) is 0 Å². The topological polar surface area (TPSA) is 64.9 Å². The number of nitrogens with one attached hydrogen (secondary N) is 1. The number of hydrogen-bond donors (Lipinski definition) is 2. The van der Waals surface area contributed by atoms with Gasteiger partial charge in [-0.3, -0.25) is 9.89 Å². The van der Waals surface area contributed by atoms with Crippen LogP contribution in [0.2, 0.25) is 0 Å². The monoisotopic (exact) mass is 311 g/mol. The fourth-order valence-electron chi connectivity index (χ4n) is 2.20. The highest BCUT2D eigenvalue weighted by Crippen LogP contribution is 2.25. The third-order valence-electron chi connectivity index (χ3n) is 3.28. The van der Waals surface area contributed by atoms with Gasteiger partial charge in [0.05, 0.1) is 5.70 Å². The van der Waals surface area contributed by atoms with Crippen molar-refractivity contribution in [2.75, 3.05) is 4.90 Å². The van der Waals surface area contributed by atoms with Crippen molar-refractivity contribution in [1.82, 2.24) is 5.32 Å². The lowest BCUT2D eigenvalue weighted by Gasteiger charge is -2.19. The van der Waals surface area contributed by atoms with E-state index in [2.05, 4.69) is 16.9 Å². The highest BCUT2D eigenvalue weighted by atomic mass is 16.3. The van der Waals surface area contributed by atoms with Crippen molar-refractivity contribution in [3.63, 3.8) is 0 Å². The standard InChI is InChI=1S/C18H21N3O2/c1-4-9-19-10-8-14(3)12-16-17(22)21(18(23)20-16)15-7-5-6-13(2)11-15/h5-12,17,22H,3-4H2,1-2H3,(H,20,23). The lowest BCUT2D eigenvalue weighted by molar-refractivity contribution is 0.215. The third kappa shape index (κ3) is 4.17. The summed E-state index contributed by atoms with van der Waals surface area (Å²) in [6, 6.07) is 7.05. The number of aryl methyl sites for hydroxylation is 1. The van der Waals surface area contributed by atoms with Crippen molar-refractivity contribution < 1.29 is 9.90 Å². The van der Waals surface area contributed by atoms with Crippen molar-refractivity contribution in [2.45, 2.75) is 26.5 Å². The van der Waals surface area contributed by atoms with E-state index in [1.165, 1.54) is 4.90 Å². The van der Waals surface area contributed by atoms with Gasteiger partial charge in [0.25, 0.3) is 0 Å². The van der Waals surface area contributed by atoms with Crippen LogP contribution >= 0.6 is 0 Å². The minimum atomic E-state index is -1.06. The molecule has 0 bridgehead atoms. The molecule has 1 aromatic rings. The molecule has 1 unspecified atom stereocenters. The molecular weight excluding hydrogens is 290 g/mol. The van der Waals surface area contributed by atoms with Gasteiger partial charge in [-0.25, -0.2) is 4.79 Å². The van der Waals surface area contributed by atoms with Crippen molar-refractivity contribution in [2.24, 2.45) is 4.99 Å². The molecule has 5 nitrogen and oxygen atoms in total. The van der Waals surface area contributed by atoms with Gasteiger partial charge in [0.15, 0.2) is 6.23 Å². The average molecular weight is 311 g/mol. The molecule has 0 saturated carbocycles. The molecule has 1 aromatic carbocycles. The normalized spacial score (nSPS) is 20.0. The van der Waals surface area contributed by atoms with Crippen molar-refractivity contribution in [3.05, 3.63) is 66.0 Å². The minimum absolute atomic E-state index is 0.366. The van der Waals surface area contributed by atoms with E-state index in [9.17, 15) is 9.90 Å². The summed E-state index contributed by atoms with van der Waals surface area (Å²) < 4.78 is 0. The number of aliphatic imine (C=N–C) groups is 1. The maximum Gasteiger partial charge on any atom is 0.328 e. The van der Waals surface area contributed by atoms with E-state index < -0.39 is 6.23 Å². The molecule has 1 saturated heterocycles. The van der Waals surface area contributed by atoms with E-state index in [0.29, 0.717) is 17.0 Å². The number of aliphatic hydroxyl groups excluding tert-OH is 1. The van der Waals surface area contributed by atoms with Crippen LogP contribution in [0.3, 0.4) is 0 Å². The molecule has 2 amide bonds. The predicted molar refractivity (Wildman–Crippen MR) is 93.3 cm³/mol. The highest BCUT2D eigenvalue weighted by Gasteiger charge is 2.34. The maximum absolute atomic E-state index is 12.1. The van der Waals surface area contributed by atoms with Crippen LogP contribution < -0.4 is 10.2 Å². The number of benzene rings is 1. The number of allylic oxidation sites excluding steroid dienone is 3. The molecule has 1 aliphatic rings. The summed E-state index contributed by atoms with van der Waals surface area (Å²) in [5.41, 5.74) is 2.69. The molecular formula is C18H21N3O2. The number of carbonyl (C=O) groups excluding carboxylic acids is 1. The predicted octanol–water partition coefficient (Wildman–Crippen LogP) is 3.28. The van der Waals surface area contributed by atoms with Crippen molar-refractivity contribution in [3.8, 4) is 0 Å². The molecule has 1 heterocycles. The van der Waals surface area contributed by atoms with Crippen LogP contribution in [-0.4, -0.2) is 23.6 Å². The Morgan fingerprint density at radius 3 is 3.00 bits per heavy atom. The lowest BCUT2D eigenvalue weighted by atomic mass is 10.2. The van der Waals surface area contributed by atoms with Gasteiger partial charge < -0.3 is 10.4 Å². The number of urea groups is 1. The molecule has 0 radical (unpaired) electrons. The molecule has 5 heteroatoms. The molecule has 1 fully saturated rings. The Morgan fingerprint density at radius 1 is 1.52 bits per heavy atom. The number of nitrogens with zero attached hydrogens (tertiary/aromatic N) is 2. The highest BCUT2D eigenvalue weighted by molar-refractivity contribution is 5.97. The molecule has 0 aliphatic carbocycles. The lowest BCUT2D eigenvalue weighted by Crippen LogP contribution is -2.33. The summed E-state index contributed by atoms with van der Waals surface area (Å²) in [4.78, 5) is 17.5. The van der Waals surface area contributed by atoms with E-state index in [1.54, 1.807) is 30.6 Å². The van der Waals surface area contributed by atoms with E-state index in [1.807, 2.05) is 32.0 Å². The van der Waals surface area contributed by atoms with Gasteiger partial charge in [0.1, 0.15) is 0 Å². The van der Waals surface area contributed by atoms with E-state index in [-0.39, 0.29) is 6.03 Å². The van der Waals surface area contributed by atoms with E-state index in [0.717, 1.165) is 12.0 Å². The van der Waals surface area contributed by atoms with Crippen LogP contribution in [0.4, 0.5) is 10.5 Å². The van der Waals surface area contributed by atoms with Crippen LogP contribution in [0, 0.1) is 6.92 Å². The Bertz CT molecular complexity index is 689. The first-order valence-electron chi connectivity index (χ1n) is 7.46. The quantitative estimate of drug-likeness (QED) is 0.647. The smallest absolute Gasteiger partial charge is 0.328 e. The number of hydrogen-bond acceptors (Lipinski definition) is 3. The maximum atomic E-state index is 12.1. The number of carbonyl (C=O) groups is 1. The van der Waals surface area contributed by atoms with E-state index in [4.69, 9.17) is 0 Å². The summed E-state index contributed by atoms with van der Waals surface area (Å²) >= 11 is 0. The summed E-state index contributed by atoms with van der Waals surface area (Å²) in [6.45, 7) is 7.80. The summed E-state index contributed by atoms with van der Waals surface area (Å²) in [5, 5.41) is 13.1. The third-order valence-corrected chi connectivity index (χ3v) is 3.28. The Morgan fingerprint density at radius 2 is 2.30 bits per heavy atom. The van der Waals surface area contributed by atoms with Crippen molar-refractivity contribution in [1.29, 1.82) is 0 Å². The molecule has 2 N–H and O–H groups in total. The van der Waals surface area contributed by atoms with Crippen LogP contribution in [0.5, 0.6) is 0 Å². The number of anilines is 1. The zero-order valence-electron chi connectivity index (χ0n) is 13.4. The van der Waals surface area contributed by atoms with Gasteiger partial charge >= 0.3 is 6.03 Å². The average Bonchev–Trinajstić information content (AvgIpc) is 2.78. The molecule has 2 rings (SSSR count). The molecule has 120 valence electrons. The molecule has 0 aromatic heterocycles. The Labute approximate surface area is 136 Å². The summed E-state index contributed by atoms with van der Waals surface area (Å²) in [5.74, 6) is 0. The fraction of sp³-hybridized carbons (Fsp3) is 0.222. The fourth-order valence-corrected chi connectivity index (χ4v) is 2.20. The minimum Gasteiger partial charge on any atom is -0.368 e. The Balaban J connectivity index is 2.16. The van der Waals surface area contributed by atoms with Gasteiger partial charge in [0.2, 0.25) is 0 Å². The number of rotatable bonds is 5. The first-order chi connectivity index (χ1) is 11.0. The van der Waals surface area contributed by atoms with Crippen LogP contribution in [0.15, 0.2) is 65.5 Å². The number of aliphatic hydroxyl groups is 1. The van der Waals surface area contributed by atoms with E-state index >= 15 is 0 Å². The van der Waals surface area contributed by atoms with Crippen LogP contribution in [-0.2, 0) is 0 Å². The van der Waals surface area contributed by atoms with Gasteiger partial charge in [-0.05, 0) is 48.8 Å². The first kappa shape index (κ1) is 16.7. The largest absolute Gasteiger partial charge is 0.368 e. The Hall–Kier alpha value is -2.66. The number of amides is 2. The molecule has 1 atom stereocenters. The Kier molecular flexibility index (Phi) is 5.49. The molecule has 0 spiro atoms.